The van der Waals surface area contributed by atoms with Crippen molar-refractivity contribution in [3.63, 3.8) is 0 Å². The van der Waals surface area contributed by atoms with E-state index in [1.807, 2.05) is 0 Å². The zero-order valence-electron chi connectivity index (χ0n) is 25.1. The molecule has 0 radical (unpaired) electrons. The number of piperazine rings is 1. The normalized spacial score (nSPS) is 16.6. The second kappa shape index (κ2) is 16.0. The lowest BCUT2D eigenvalue weighted by molar-refractivity contribution is 0.0207. The molecule has 3 heterocycles. The van der Waals surface area contributed by atoms with E-state index in [9.17, 15) is 9.59 Å². The van der Waals surface area contributed by atoms with Crippen LogP contribution in [0.25, 0.3) is 22.5 Å². The van der Waals surface area contributed by atoms with Crippen molar-refractivity contribution in [2.75, 3.05) is 71.0 Å². The summed E-state index contributed by atoms with van der Waals surface area (Å²) >= 11 is 0. The van der Waals surface area contributed by atoms with Gasteiger partial charge in [-0.25, -0.2) is 14.2 Å². The molecule has 1 aromatic heterocycles. The molecule has 0 bridgehead atoms. The van der Waals surface area contributed by atoms with Crippen LogP contribution < -0.4 is 15.5 Å². The van der Waals surface area contributed by atoms with Crippen molar-refractivity contribution in [1.29, 1.82) is 0 Å². The number of ether oxygens (including phenoxy) is 2. The van der Waals surface area contributed by atoms with Gasteiger partial charge in [0.2, 0.25) is 0 Å². The number of carbonyl (C=O) groups excluding carboxylic acids is 2. The molecule has 11 nitrogen and oxygen atoms in total. The number of rotatable bonds is 8. The van der Waals surface area contributed by atoms with E-state index in [0.29, 0.717) is 72.9 Å². The Morgan fingerprint density at radius 3 is 2.44 bits per heavy atom. The van der Waals surface area contributed by atoms with E-state index in [4.69, 9.17) is 9.47 Å². The SMILES string of the molecule is CC(C)N1CCN(CCOc2ccc(-c3[nH]nc4c3C(=O)c3c(NC(=O)NN5CCOCC5)cccc3-4)c(F)c2)CC1.Cl.Cl.Cl. The number of anilines is 1. The van der Waals surface area contributed by atoms with Crippen LogP contribution in [0.3, 0.4) is 0 Å². The third kappa shape index (κ3) is 7.89. The summed E-state index contributed by atoms with van der Waals surface area (Å²) in [5, 5.41) is 11.8. The molecule has 0 atom stereocenters. The molecule has 246 valence electrons. The van der Waals surface area contributed by atoms with Gasteiger partial charge in [0.25, 0.3) is 0 Å². The summed E-state index contributed by atoms with van der Waals surface area (Å²) in [4.78, 5) is 31.1. The van der Waals surface area contributed by atoms with Gasteiger partial charge in [0, 0.05) is 69.0 Å². The molecule has 2 saturated heterocycles. The van der Waals surface area contributed by atoms with E-state index in [1.54, 1.807) is 35.3 Å². The maximum absolute atomic E-state index is 15.4. The molecule has 45 heavy (non-hydrogen) atoms. The van der Waals surface area contributed by atoms with Crippen LogP contribution in [0.1, 0.15) is 29.8 Å². The van der Waals surface area contributed by atoms with Gasteiger partial charge in [-0.2, -0.15) is 5.10 Å². The molecule has 2 aromatic carbocycles. The number of amides is 2. The molecular formula is C30H39Cl3FN7O4. The van der Waals surface area contributed by atoms with Crippen LogP contribution in [0.4, 0.5) is 14.9 Å². The first-order valence-electron chi connectivity index (χ1n) is 14.4. The van der Waals surface area contributed by atoms with Crippen LogP contribution in [0.2, 0.25) is 0 Å². The largest absolute Gasteiger partial charge is 0.492 e. The number of benzene rings is 2. The molecule has 6 rings (SSSR count). The Labute approximate surface area is 280 Å². The number of aromatic amines is 1. The van der Waals surface area contributed by atoms with Crippen LogP contribution in [0.5, 0.6) is 5.75 Å². The van der Waals surface area contributed by atoms with Gasteiger partial charge in [-0.1, -0.05) is 12.1 Å². The number of hydrogen-bond acceptors (Lipinski definition) is 8. The summed E-state index contributed by atoms with van der Waals surface area (Å²) in [7, 11) is 0. The quantitative estimate of drug-likeness (QED) is 0.249. The lowest BCUT2D eigenvalue weighted by Gasteiger charge is -2.36. The lowest BCUT2D eigenvalue weighted by atomic mass is 10.0. The summed E-state index contributed by atoms with van der Waals surface area (Å²) in [5.41, 5.74) is 5.28. The summed E-state index contributed by atoms with van der Waals surface area (Å²) < 4.78 is 26.5. The smallest absolute Gasteiger partial charge is 0.333 e. The average molecular weight is 687 g/mol. The number of halogens is 4. The number of fused-ring (bicyclic) bond motifs is 3. The fraction of sp³-hybridized carbons (Fsp3) is 0.433. The highest BCUT2D eigenvalue weighted by molar-refractivity contribution is 6.26. The molecule has 2 amide bonds. The van der Waals surface area contributed by atoms with E-state index in [1.165, 1.54) is 6.07 Å². The topological polar surface area (TPSA) is 115 Å². The minimum absolute atomic E-state index is 0. The second-order valence-electron chi connectivity index (χ2n) is 11.0. The Bertz CT molecular complexity index is 1480. The molecule has 1 aliphatic carbocycles. The van der Waals surface area contributed by atoms with E-state index in [0.717, 1.165) is 32.7 Å². The molecular weight excluding hydrogens is 648 g/mol. The average Bonchev–Trinajstić information content (AvgIpc) is 3.54. The maximum Gasteiger partial charge on any atom is 0.333 e. The van der Waals surface area contributed by atoms with Gasteiger partial charge < -0.3 is 14.8 Å². The number of hydrazine groups is 1. The summed E-state index contributed by atoms with van der Waals surface area (Å²) in [6.07, 6.45) is 0. The van der Waals surface area contributed by atoms with Gasteiger partial charge in [0.05, 0.1) is 35.7 Å². The van der Waals surface area contributed by atoms with Crippen LogP contribution in [-0.2, 0) is 4.74 Å². The van der Waals surface area contributed by atoms with Crippen molar-refractivity contribution in [2.45, 2.75) is 19.9 Å². The van der Waals surface area contributed by atoms with E-state index >= 15 is 4.39 Å². The number of nitrogens with one attached hydrogen (secondary N) is 3. The Kier molecular flexibility index (Phi) is 13.0. The number of carbonyl (C=O) groups is 2. The maximum atomic E-state index is 15.4. The highest BCUT2D eigenvalue weighted by Crippen LogP contribution is 2.43. The minimum Gasteiger partial charge on any atom is -0.492 e. The fourth-order valence-electron chi connectivity index (χ4n) is 5.73. The molecule has 0 spiro atoms. The number of hydrogen-bond donors (Lipinski definition) is 3. The first-order chi connectivity index (χ1) is 20.4. The number of nitrogens with zero attached hydrogens (tertiary/aromatic N) is 4. The van der Waals surface area contributed by atoms with Gasteiger partial charge in [-0.15, -0.1) is 37.2 Å². The zero-order chi connectivity index (χ0) is 29.2. The molecule has 2 aliphatic heterocycles. The number of urea groups is 1. The summed E-state index contributed by atoms with van der Waals surface area (Å²) in [6.45, 7) is 11.9. The van der Waals surface area contributed by atoms with Gasteiger partial charge in [-0.3, -0.25) is 25.1 Å². The Balaban J connectivity index is 0.00000184. The van der Waals surface area contributed by atoms with E-state index in [-0.39, 0.29) is 54.1 Å². The molecule has 3 N–H and O–H groups in total. The van der Waals surface area contributed by atoms with Crippen molar-refractivity contribution < 1.29 is 23.5 Å². The number of ketones is 1. The number of aromatic nitrogens is 2. The first kappa shape index (κ1) is 36.5. The van der Waals surface area contributed by atoms with E-state index < -0.39 is 11.8 Å². The van der Waals surface area contributed by atoms with Crippen LogP contribution >= 0.6 is 37.2 Å². The van der Waals surface area contributed by atoms with Gasteiger partial charge in [0.1, 0.15) is 23.9 Å². The van der Waals surface area contributed by atoms with Crippen molar-refractivity contribution in [1.82, 2.24) is 30.4 Å². The van der Waals surface area contributed by atoms with Crippen LogP contribution in [0, 0.1) is 5.82 Å². The Morgan fingerprint density at radius 1 is 1.02 bits per heavy atom. The standard InChI is InChI=1S/C30H36FN7O4.3ClH/c1-19(2)37-10-8-36(9-11-37)12-17-42-20-6-7-21(23(31)18-20)27-26-28(34-33-27)22-4-3-5-24(25(22)29(26)39)32-30(40)35-38-13-15-41-16-14-38;;;/h3-7,18-19H,8-17H2,1-2H3,(H,33,34)(H2,32,35,40);3*1H. The lowest BCUT2D eigenvalue weighted by Crippen LogP contribution is -2.49. The highest BCUT2D eigenvalue weighted by atomic mass is 35.5. The molecule has 3 aliphatic rings. The van der Waals surface area contributed by atoms with Gasteiger partial charge in [-0.05, 0) is 32.0 Å². The Morgan fingerprint density at radius 2 is 1.76 bits per heavy atom. The molecule has 0 saturated carbocycles. The first-order valence-corrected chi connectivity index (χ1v) is 14.4. The van der Waals surface area contributed by atoms with Gasteiger partial charge in [0.15, 0.2) is 5.78 Å². The number of morpholine rings is 1. The minimum atomic E-state index is -0.517. The van der Waals surface area contributed by atoms with Crippen LogP contribution in [-0.4, -0.2) is 108 Å². The highest BCUT2D eigenvalue weighted by Gasteiger charge is 2.36. The van der Waals surface area contributed by atoms with Crippen molar-refractivity contribution in [2.24, 2.45) is 0 Å². The predicted molar refractivity (Wildman–Crippen MR) is 178 cm³/mol. The summed E-state index contributed by atoms with van der Waals surface area (Å²) in [5.74, 6) is -0.416. The monoisotopic (exact) mass is 685 g/mol. The van der Waals surface area contributed by atoms with E-state index in [2.05, 4.69) is 44.6 Å². The predicted octanol–water partition coefficient (Wildman–Crippen LogP) is 4.47. The van der Waals surface area contributed by atoms with Crippen molar-refractivity contribution in [3.05, 3.63) is 53.3 Å². The Hall–Kier alpha value is -2.97. The third-order valence-electron chi connectivity index (χ3n) is 8.08. The van der Waals surface area contributed by atoms with Crippen LogP contribution in [0.15, 0.2) is 36.4 Å². The molecule has 0 unspecified atom stereocenters. The van der Waals surface area contributed by atoms with Crippen molar-refractivity contribution >= 4 is 54.7 Å². The van der Waals surface area contributed by atoms with Crippen molar-refractivity contribution in [3.8, 4) is 28.3 Å². The van der Waals surface area contributed by atoms with Gasteiger partial charge >= 0.3 is 6.03 Å². The second-order valence-corrected chi connectivity index (χ2v) is 11.0. The molecule has 3 aromatic rings. The fourth-order valence-corrected chi connectivity index (χ4v) is 5.73. The molecule has 2 fully saturated rings. The zero-order valence-corrected chi connectivity index (χ0v) is 27.6. The molecule has 15 heteroatoms. The third-order valence-corrected chi connectivity index (χ3v) is 8.08. The summed E-state index contributed by atoms with van der Waals surface area (Å²) in [6, 6.07) is 9.93. The number of H-pyrrole nitrogens is 1.